The van der Waals surface area contributed by atoms with Gasteiger partial charge in [0.1, 0.15) is 24.1 Å². The number of benzene rings is 5. The first-order valence-corrected chi connectivity index (χ1v) is 19.9. The zero-order valence-corrected chi connectivity index (χ0v) is 33.3. The van der Waals surface area contributed by atoms with E-state index >= 15 is 0 Å². The molecule has 59 heavy (non-hydrogen) atoms. The lowest BCUT2D eigenvalue weighted by Crippen LogP contribution is -2.54. The lowest BCUT2D eigenvalue weighted by molar-refractivity contribution is -0.147. The number of carbonyl (C=O) groups is 4. The Morgan fingerprint density at radius 3 is 2.24 bits per heavy atom. The molecule has 11 nitrogen and oxygen atoms in total. The van der Waals surface area contributed by atoms with Crippen LogP contribution in [-0.2, 0) is 45.2 Å². The van der Waals surface area contributed by atoms with Crippen molar-refractivity contribution in [3.8, 4) is 28.7 Å². The second kappa shape index (κ2) is 18.5. The van der Waals surface area contributed by atoms with Crippen molar-refractivity contribution >= 4 is 53.1 Å². The smallest absolute Gasteiger partial charge is 0.290 e. The third kappa shape index (κ3) is 9.52. The number of halogens is 2. The van der Waals surface area contributed by atoms with Gasteiger partial charge >= 0.3 is 0 Å². The molecule has 0 saturated heterocycles. The second-order valence-electron chi connectivity index (χ2n) is 14.6. The predicted molar refractivity (Wildman–Crippen MR) is 223 cm³/mol. The fraction of sp³-hybridized carbons (Fsp3) is 0.239. The van der Waals surface area contributed by atoms with Gasteiger partial charge in [0.15, 0.2) is 0 Å². The number of nitrogens with zero attached hydrogens (tertiary/aromatic N) is 2. The maximum atomic E-state index is 13.8. The molecule has 13 heteroatoms. The Morgan fingerprint density at radius 1 is 0.915 bits per heavy atom. The van der Waals surface area contributed by atoms with E-state index < -0.39 is 12.1 Å². The summed E-state index contributed by atoms with van der Waals surface area (Å²) in [4.78, 5) is 51.0. The Balaban J connectivity index is 0.00000171. The van der Waals surface area contributed by atoms with E-state index in [2.05, 4.69) is 16.7 Å². The molecular weight excluding hydrogens is 791 g/mol. The first kappa shape index (κ1) is 40.8. The number of amides is 3. The SMILES string of the molecule is N#Cc1ccc(-c2ccc(CCNC(=O)C3Cc4cc5c(cc4CN3C(=O)C3CCC3)OC(c3ccc(OCc4ccc(Cl)c(Cl)c4)cc3)C(=O)N5)cc2)cc1.O=CO. The molecule has 2 aliphatic heterocycles. The molecule has 1 saturated carbocycles. The Kier molecular flexibility index (Phi) is 12.8. The molecule has 5 aromatic rings. The molecule has 0 bridgehead atoms. The number of hydrogen-bond acceptors (Lipinski definition) is 7. The van der Waals surface area contributed by atoms with Crippen LogP contribution < -0.4 is 20.1 Å². The minimum absolute atomic E-state index is 0.00623. The third-order valence-corrected chi connectivity index (χ3v) is 11.5. The molecule has 3 amide bonds. The number of carboxylic acid groups (broad SMARTS) is 1. The average molecular weight is 832 g/mol. The molecule has 1 fully saturated rings. The normalized spacial score (nSPS) is 16.6. The van der Waals surface area contributed by atoms with Gasteiger partial charge in [0.25, 0.3) is 12.4 Å². The molecule has 2 atom stereocenters. The van der Waals surface area contributed by atoms with Gasteiger partial charge in [0.2, 0.25) is 17.9 Å². The molecule has 0 spiro atoms. The highest BCUT2D eigenvalue weighted by atomic mass is 35.5. The zero-order valence-electron chi connectivity index (χ0n) is 31.8. The van der Waals surface area contributed by atoms with Gasteiger partial charge in [-0.1, -0.05) is 84.2 Å². The highest BCUT2D eigenvalue weighted by Crippen LogP contribution is 2.41. The number of nitrogens with one attached hydrogen (secondary N) is 2. The van der Waals surface area contributed by atoms with Crippen LogP contribution in [0.15, 0.2) is 103 Å². The molecule has 2 unspecified atom stereocenters. The van der Waals surface area contributed by atoms with E-state index in [0.29, 0.717) is 64.4 Å². The van der Waals surface area contributed by atoms with Gasteiger partial charge < -0.3 is 30.1 Å². The van der Waals surface area contributed by atoms with Crippen molar-refractivity contribution in [2.75, 3.05) is 11.9 Å². The summed E-state index contributed by atoms with van der Waals surface area (Å²) >= 11 is 12.2. The highest BCUT2D eigenvalue weighted by Gasteiger charge is 2.40. The predicted octanol–water partition coefficient (Wildman–Crippen LogP) is 8.30. The maximum Gasteiger partial charge on any atom is 0.290 e. The summed E-state index contributed by atoms with van der Waals surface area (Å²) in [5.41, 5.74) is 7.62. The molecular formula is C46H40Cl2N4O7. The van der Waals surface area contributed by atoms with Gasteiger partial charge in [-0.25, -0.2) is 0 Å². The number of anilines is 1. The standard InChI is InChI=1S/C45H38Cl2N4O5.CH2O2/c46-37-17-8-29(20-38(37)47)26-55-36-15-13-32(14-16-36)42-44(53)50-39-21-34-22-40(51(45(54)33-2-1-3-33)25-35(34)23-41(39)56-42)43(52)49-19-18-27-4-9-30(10-5-27)31-11-6-28(24-48)7-12-31;2-1-3/h4-17,20-21,23,33,40,42H,1-3,18-19,22,25-26H2,(H,49,52)(H,50,53);1H,(H,2,3). The molecule has 0 radical (unpaired) electrons. The molecule has 3 N–H and O–H groups in total. The van der Waals surface area contributed by atoms with Gasteiger partial charge in [-0.3, -0.25) is 19.2 Å². The fourth-order valence-corrected chi connectivity index (χ4v) is 7.67. The van der Waals surface area contributed by atoms with Crippen molar-refractivity contribution < 1.29 is 33.8 Å². The first-order chi connectivity index (χ1) is 28.6. The maximum absolute atomic E-state index is 13.8. The van der Waals surface area contributed by atoms with Crippen LogP contribution in [0.3, 0.4) is 0 Å². The molecule has 3 aliphatic rings. The van der Waals surface area contributed by atoms with Crippen molar-refractivity contribution in [2.45, 2.75) is 57.4 Å². The minimum atomic E-state index is -0.883. The number of nitriles is 1. The molecule has 8 rings (SSSR count). The van der Waals surface area contributed by atoms with Crippen LogP contribution in [0.25, 0.3) is 11.1 Å². The highest BCUT2D eigenvalue weighted by molar-refractivity contribution is 6.42. The summed E-state index contributed by atoms with van der Waals surface area (Å²) in [6, 6.07) is 33.4. The Labute approximate surface area is 351 Å². The van der Waals surface area contributed by atoms with E-state index in [1.807, 2.05) is 54.6 Å². The molecule has 300 valence electrons. The largest absolute Gasteiger partial charge is 0.489 e. The van der Waals surface area contributed by atoms with Crippen LogP contribution in [0.2, 0.25) is 10.0 Å². The summed E-state index contributed by atoms with van der Waals surface area (Å²) in [6.07, 6.45) is 2.74. The lowest BCUT2D eigenvalue weighted by atomic mass is 9.82. The topological polar surface area (TPSA) is 158 Å². The van der Waals surface area contributed by atoms with Crippen LogP contribution in [-0.4, -0.2) is 46.8 Å². The number of rotatable bonds is 10. The Hall–Kier alpha value is -6.35. The Morgan fingerprint density at radius 2 is 1.59 bits per heavy atom. The lowest BCUT2D eigenvalue weighted by Gasteiger charge is -2.40. The third-order valence-electron chi connectivity index (χ3n) is 10.8. The fourth-order valence-electron chi connectivity index (χ4n) is 7.35. The van der Waals surface area contributed by atoms with Crippen LogP contribution in [0.4, 0.5) is 5.69 Å². The van der Waals surface area contributed by atoms with E-state index in [-0.39, 0.29) is 36.7 Å². The molecule has 1 aliphatic carbocycles. The summed E-state index contributed by atoms with van der Waals surface area (Å²) in [5, 5.41) is 23.0. The van der Waals surface area contributed by atoms with Gasteiger partial charge in [-0.05, 0) is 101 Å². The monoisotopic (exact) mass is 830 g/mol. The van der Waals surface area contributed by atoms with E-state index in [0.717, 1.165) is 52.6 Å². The van der Waals surface area contributed by atoms with Crippen molar-refractivity contribution in [3.63, 3.8) is 0 Å². The number of hydrogen-bond donors (Lipinski definition) is 3. The van der Waals surface area contributed by atoms with Gasteiger partial charge in [-0.2, -0.15) is 5.26 Å². The van der Waals surface area contributed by atoms with Crippen LogP contribution >= 0.6 is 23.2 Å². The van der Waals surface area contributed by atoms with E-state index in [1.165, 1.54) is 0 Å². The molecule has 0 aromatic heterocycles. The molecule has 5 aromatic carbocycles. The number of ether oxygens (including phenoxy) is 2. The van der Waals surface area contributed by atoms with E-state index in [9.17, 15) is 14.4 Å². The van der Waals surface area contributed by atoms with Gasteiger partial charge in [0.05, 0.1) is 27.4 Å². The minimum Gasteiger partial charge on any atom is -0.489 e. The second-order valence-corrected chi connectivity index (χ2v) is 15.4. The van der Waals surface area contributed by atoms with Crippen LogP contribution in [0.1, 0.15) is 58.7 Å². The number of carbonyl (C=O) groups excluding carboxylic acids is 3. The average Bonchev–Trinajstić information content (AvgIpc) is 3.23. The van der Waals surface area contributed by atoms with Crippen molar-refractivity contribution in [1.29, 1.82) is 5.26 Å². The zero-order chi connectivity index (χ0) is 41.5. The van der Waals surface area contributed by atoms with Crippen molar-refractivity contribution in [1.82, 2.24) is 10.2 Å². The first-order valence-electron chi connectivity index (χ1n) is 19.2. The van der Waals surface area contributed by atoms with Crippen LogP contribution in [0.5, 0.6) is 11.5 Å². The van der Waals surface area contributed by atoms with Crippen LogP contribution in [0, 0.1) is 17.2 Å². The quantitative estimate of drug-likeness (QED) is 0.119. The Bertz CT molecular complexity index is 2400. The summed E-state index contributed by atoms with van der Waals surface area (Å²) in [5.74, 6) is 0.563. The summed E-state index contributed by atoms with van der Waals surface area (Å²) in [6.45, 7) is 0.749. The summed E-state index contributed by atoms with van der Waals surface area (Å²) in [7, 11) is 0. The molecule has 2 heterocycles. The van der Waals surface area contributed by atoms with E-state index in [1.54, 1.807) is 53.4 Å². The van der Waals surface area contributed by atoms with Gasteiger partial charge in [-0.15, -0.1) is 0 Å². The van der Waals surface area contributed by atoms with Crippen molar-refractivity contribution in [2.24, 2.45) is 5.92 Å². The number of fused-ring (bicyclic) bond motifs is 2. The van der Waals surface area contributed by atoms with Crippen molar-refractivity contribution in [3.05, 3.63) is 147 Å². The summed E-state index contributed by atoms with van der Waals surface area (Å²) < 4.78 is 12.2. The van der Waals surface area contributed by atoms with Gasteiger partial charge in [0, 0.05) is 31.0 Å². The van der Waals surface area contributed by atoms with E-state index in [4.69, 9.17) is 47.8 Å².